The number of ether oxygens (including phenoxy) is 1. The summed E-state index contributed by atoms with van der Waals surface area (Å²) in [6, 6.07) is 2.01. The molecule has 2 N–H and O–H groups in total. The number of fused-ring (bicyclic) bond motifs is 1. The van der Waals surface area contributed by atoms with E-state index in [0.29, 0.717) is 41.3 Å². The van der Waals surface area contributed by atoms with Crippen molar-refractivity contribution in [3.05, 3.63) is 29.3 Å². The molecule has 196 valence electrons. The number of amides is 1. The van der Waals surface area contributed by atoms with Crippen LogP contribution in [-0.2, 0) is 16.1 Å². The van der Waals surface area contributed by atoms with Gasteiger partial charge in [-0.3, -0.25) is 10.3 Å². The minimum atomic E-state index is -0.696. The van der Waals surface area contributed by atoms with Gasteiger partial charge in [0.2, 0.25) is 5.95 Å². The maximum absolute atomic E-state index is 11.7. The molecular weight excluding hydrogens is 496 g/mol. The molecule has 2 saturated heterocycles. The van der Waals surface area contributed by atoms with Gasteiger partial charge in [-0.25, -0.2) is 14.8 Å². The summed E-state index contributed by atoms with van der Waals surface area (Å²) in [6.45, 7) is 7.35. The highest BCUT2D eigenvalue weighted by Crippen LogP contribution is 2.36. The number of carbonyl (C=O) groups is 1. The Kier molecular flexibility index (Phi) is 6.60. The molecule has 3 aromatic heterocycles. The number of imidazole rings is 1. The fourth-order valence-corrected chi connectivity index (χ4v) is 5.68. The van der Waals surface area contributed by atoms with Gasteiger partial charge in [-0.2, -0.15) is 4.98 Å². The van der Waals surface area contributed by atoms with Gasteiger partial charge in [0.05, 0.1) is 24.3 Å². The van der Waals surface area contributed by atoms with Crippen LogP contribution in [0, 0.1) is 11.8 Å². The number of hydrogen-bond acceptors (Lipinski definition) is 9. The second kappa shape index (κ2) is 10.0. The Bertz CT molecular complexity index is 1310. The molecule has 0 aromatic carbocycles. The van der Waals surface area contributed by atoms with Crippen molar-refractivity contribution in [2.75, 3.05) is 24.7 Å². The van der Waals surface area contributed by atoms with E-state index in [9.17, 15) is 4.79 Å². The van der Waals surface area contributed by atoms with Gasteiger partial charge in [0.15, 0.2) is 17.6 Å². The van der Waals surface area contributed by atoms with Crippen LogP contribution in [0.3, 0.4) is 0 Å². The predicted molar refractivity (Wildman–Crippen MR) is 138 cm³/mol. The fourth-order valence-electron chi connectivity index (χ4n) is 5.51. The maximum Gasteiger partial charge on any atom is 0.427 e. The van der Waals surface area contributed by atoms with E-state index in [4.69, 9.17) is 36.1 Å². The third-order valence-electron chi connectivity index (χ3n) is 7.57. The number of morpholine rings is 1. The summed E-state index contributed by atoms with van der Waals surface area (Å²) in [4.78, 5) is 38.0. The zero-order valence-electron chi connectivity index (χ0n) is 21.0. The monoisotopic (exact) mass is 526 g/mol. The molecule has 1 amide bonds. The molecular formula is C25H31ClN8O3. The molecule has 12 heteroatoms. The molecule has 5 heterocycles. The molecule has 2 aliphatic heterocycles. The number of rotatable bonds is 5. The number of halogens is 1. The van der Waals surface area contributed by atoms with E-state index in [1.165, 1.54) is 25.7 Å². The predicted octanol–water partition coefficient (Wildman–Crippen LogP) is 3.84. The highest BCUT2D eigenvalue weighted by Gasteiger charge is 2.32. The third kappa shape index (κ3) is 4.83. The second-order valence-electron chi connectivity index (χ2n) is 10.3. The summed E-state index contributed by atoms with van der Waals surface area (Å²) in [5.74, 6) is 2.53. The van der Waals surface area contributed by atoms with Crippen molar-refractivity contribution in [3.8, 4) is 11.3 Å². The van der Waals surface area contributed by atoms with Crippen LogP contribution in [0.4, 0.5) is 10.7 Å². The SMILES string of the molecule is CC1CCC(Cn2c(N3CCOC[C@H]3C)nc3nc(C4NOC(=O)N4)nc(-c4cncc(Cl)c4)c32)CC1. The molecule has 0 radical (unpaired) electrons. The highest BCUT2D eigenvalue weighted by molar-refractivity contribution is 6.30. The van der Waals surface area contributed by atoms with Crippen LogP contribution in [0.1, 0.15) is 51.5 Å². The Morgan fingerprint density at radius 1 is 1.14 bits per heavy atom. The third-order valence-corrected chi connectivity index (χ3v) is 7.78. The van der Waals surface area contributed by atoms with Gasteiger partial charge >= 0.3 is 6.09 Å². The minimum absolute atomic E-state index is 0.170. The first-order valence-electron chi connectivity index (χ1n) is 12.9. The Balaban J connectivity index is 1.54. The Morgan fingerprint density at radius 2 is 1.97 bits per heavy atom. The number of aromatic nitrogens is 5. The molecule has 1 saturated carbocycles. The van der Waals surface area contributed by atoms with E-state index in [-0.39, 0.29) is 6.04 Å². The van der Waals surface area contributed by atoms with Crippen LogP contribution in [-0.4, -0.2) is 56.4 Å². The maximum atomic E-state index is 11.7. The van der Waals surface area contributed by atoms with Crippen molar-refractivity contribution in [1.82, 2.24) is 35.3 Å². The number of pyridine rings is 1. The van der Waals surface area contributed by atoms with E-state index < -0.39 is 12.3 Å². The smallest absolute Gasteiger partial charge is 0.377 e. The van der Waals surface area contributed by atoms with Gasteiger partial charge in [0, 0.05) is 31.0 Å². The van der Waals surface area contributed by atoms with Gasteiger partial charge in [-0.05, 0) is 37.7 Å². The first kappa shape index (κ1) is 24.3. The normalized spacial score (nSPS) is 26.4. The summed E-state index contributed by atoms with van der Waals surface area (Å²) in [5.41, 5.74) is 5.47. The molecule has 1 aliphatic carbocycles. The average Bonchev–Trinajstić information content (AvgIpc) is 3.49. The number of nitrogens with one attached hydrogen (secondary N) is 2. The summed E-state index contributed by atoms with van der Waals surface area (Å²) in [5, 5.41) is 3.20. The van der Waals surface area contributed by atoms with Crippen LogP contribution < -0.4 is 15.7 Å². The number of carbonyl (C=O) groups excluding carboxylic acids is 1. The van der Waals surface area contributed by atoms with Gasteiger partial charge < -0.3 is 19.0 Å². The number of anilines is 1. The molecule has 2 atom stereocenters. The van der Waals surface area contributed by atoms with Crippen LogP contribution in [0.25, 0.3) is 22.4 Å². The molecule has 0 bridgehead atoms. The highest BCUT2D eigenvalue weighted by atomic mass is 35.5. The van der Waals surface area contributed by atoms with Gasteiger partial charge in [-0.15, -0.1) is 5.48 Å². The molecule has 37 heavy (non-hydrogen) atoms. The molecule has 3 fully saturated rings. The lowest BCUT2D eigenvalue weighted by Gasteiger charge is -2.35. The number of hydroxylamine groups is 1. The Labute approximate surface area is 219 Å². The summed E-state index contributed by atoms with van der Waals surface area (Å²) in [7, 11) is 0. The van der Waals surface area contributed by atoms with Crippen molar-refractivity contribution >= 4 is 34.8 Å². The average molecular weight is 527 g/mol. The van der Waals surface area contributed by atoms with Crippen molar-refractivity contribution in [1.29, 1.82) is 0 Å². The molecule has 6 rings (SSSR count). The summed E-state index contributed by atoms with van der Waals surface area (Å²) >= 11 is 6.35. The van der Waals surface area contributed by atoms with Crippen LogP contribution >= 0.6 is 11.6 Å². The van der Waals surface area contributed by atoms with Gasteiger partial charge in [0.25, 0.3) is 0 Å². The minimum Gasteiger partial charge on any atom is -0.377 e. The zero-order chi connectivity index (χ0) is 25.5. The van der Waals surface area contributed by atoms with Crippen LogP contribution in [0.2, 0.25) is 5.02 Å². The second-order valence-corrected chi connectivity index (χ2v) is 10.8. The summed E-state index contributed by atoms with van der Waals surface area (Å²) < 4.78 is 8.01. The summed E-state index contributed by atoms with van der Waals surface area (Å²) in [6.07, 6.45) is 6.89. The lowest BCUT2D eigenvalue weighted by Crippen LogP contribution is -2.45. The zero-order valence-corrected chi connectivity index (χ0v) is 21.7. The van der Waals surface area contributed by atoms with E-state index in [1.54, 1.807) is 12.4 Å². The fraction of sp³-hybridized carbons (Fsp3) is 0.560. The van der Waals surface area contributed by atoms with Crippen molar-refractivity contribution in [2.45, 2.75) is 58.3 Å². The lowest BCUT2D eigenvalue weighted by atomic mass is 9.83. The molecule has 11 nitrogen and oxygen atoms in total. The Hall–Kier alpha value is -3.02. The number of hydrogen-bond donors (Lipinski definition) is 2. The first-order valence-corrected chi connectivity index (χ1v) is 13.3. The van der Waals surface area contributed by atoms with Crippen molar-refractivity contribution < 1.29 is 14.4 Å². The van der Waals surface area contributed by atoms with Crippen LogP contribution in [0.5, 0.6) is 0 Å². The molecule has 3 aliphatic rings. The topological polar surface area (TPSA) is 119 Å². The van der Waals surface area contributed by atoms with E-state index in [2.05, 4.69) is 39.1 Å². The van der Waals surface area contributed by atoms with Crippen molar-refractivity contribution in [3.63, 3.8) is 0 Å². The first-order chi connectivity index (χ1) is 18.0. The molecule has 1 unspecified atom stereocenters. The number of nitrogens with zero attached hydrogens (tertiary/aromatic N) is 6. The van der Waals surface area contributed by atoms with E-state index in [1.807, 2.05) is 6.07 Å². The Morgan fingerprint density at radius 3 is 2.70 bits per heavy atom. The molecule has 3 aromatic rings. The van der Waals surface area contributed by atoms with Crippen LogP contribution in [0.15, 0.2) is 18.5 Å². The quantitative estimate of drug-likeness (QED) is 0.511. The lowest BCUT2D eigenvalue weighted by molar-refractivity contribution is 0.0976. The van der Waals surface area contributed by atoms with Crippen molar-refractivity contribution in [2.24, 2.45) is 11.8 Å². The molecule has 0 spiro atoms. The largest absolute Gasteiger partial charge is 0.427 e. The van der Waals surface area contributed by atoms with Gasteiger partial charge in [-0.1, -0.05) is 31.4 Å². The van der Waals surface area contributed by atoms with E-state index >= 15 is 0 Å². The standard InChI is InChI=1S/C25H31ClN8O3/c1-14-3-5-16(6-4-14)12-34-20-19(17-9-18(26)11-27-10-17)28-22(23-31-25(35)37-32-23)29-21(20)30-24(34)33-7-8-36-13-15(33)2/h9-11,14-16,23,32H,3-8,12-13H2,1-2H3,(H,31,35)/t14?,15-,16?,23?/m1/s1. The van der Waals surface area contributed by atoms with Gasteiger partial charge in [0.1, 0.15) is 11.2 Å². The van der Waals surface area contributed by atoms with E-state index in [0.717, 1.165) is 36.0 Å².